The lowest BCUT2D eigenvalue weighted by molar-refractivity contribution is -0.113. The number of H-pyrrole nitrogens is 1. The number of carbonyl (C=O) groups is 1. The summed E-state index contributed by atoms with van der Waals surface area (Å²) in [5.74, 6) is 0.322. The number of aromatic nitrogens is 2. The number of hydrogen-bond acceptors (Lipinski definition) is 4. The van der Waals surface area contributed by atoms with Crippen LogP contribution in [0.15, 0.2) is 47.4 Å². The number of aromatic amines is 1. The first-order valence-corrected chi connectivity index (χ1v) is 9.77. The number of hydrogen-bond donors (Lipinski definition) is 2. The number of thioether (sulfide) groups is 1. The lowest BCUT2D eigenvalue weighted by Crippen LogP contribution is -2.13. The number of rotatable bonds is 4. The van der Waals surface area contributed by atoms with E-state index in [0.29, 0.717) is 10.9 Å². The van der Waals surface area contributed by atoms with E-state index in [4.69, 9.17) is 0 Å². The van der Waals surface area contributed by atoms with Crippen molar-refractivity contribution in [1.29, 1.82) is 0 Å². The van der Waals surface area contributed by atoms with Crippen molar-refractivity contribution >= 4 is 55.3 Å². The number of thiazole rings is 1. The van der Waals surface area contributed by atoms with Gasteiger partial charge in [-0.1, -0.05) is 35.6 Å². The Labute approximate surface area is 153 Å². The molecule has 2 aromatic carbocycles. The quantitative estimate of drug-likeness (QED) is 0.492. The second-order valence-electron chi connectivity index (χ2n) is 5.95. The third kappa shape index (κ3) is 3.27. The van der Waals surface area contributed by atoms with Crippen LogP contribution in [0.5, 0.6) is 0 Å². The van der Waals surface area contributed by atoms with E-state index in [-0.39, 0.29) is 5.91 Å². The van der Waals surface area contributed by atoms with Gasteiger partial charge >= 0.3 is 0 Å². The average Bonchev–Trinajstić information content (AvgIpc) is 3.11. The van der Waals surface area contributed by atoms with Crippen LogP contribution in [0.3, 0.4) is 0 Å². The van der Waals surface area contributed by atoms with Crippen LogP contribution in [0.4, 0.5) is 5.13 Å². The molecule has 0 spiro atoms. The highest BCUT2D eigenvalue weighted by atomic mass is 32.2. The molecule has 1 amide bonds. The first kappa shape index (κ1) is 16.2. The van der Waals surface area contributed by atoms with Crippen molar-refractivity contribution in [2.45, 2.75) is 18.7 Å². The summed E-state index contributed by atoms with van der Waals surface area (Å²) in [6.45, 7) is 4.09. The zero-order chi connectivity index (χ0) is 17.4. The molecule has 6 heteroatoms. The third-order valence-electron chi connectivity index (χ3n) is 3.97. The number of benzene rings is 2. The Morgan fingerprint density at radius 2 is 2.08 bits per heavy atom. The lowest BCUT2D eigenvalue weighted by Gasteiger charge is -2.02. The normalized spacial score (nSPS) is 11.3. The highest BCUT2D eigenvalue weighted by Gasteiger charge is 2.12. The van der Waals surface area contributed by atoms with Crippen molar-refractivity contribution in [1.82, 2.24) is 9.97 Å². The van der Waals surface area contributed by atoms with Crippen molar-refractivity contribution in [3.05, 3.63) is 53.7 Å². The molecule has 0 bridgehead atoms. The molecule has 0 aliphatic rings. The average molecular weight is 367 g/mol. The Hall–Kier alpha value is -2.31. The molecule has 2 N–H and O–H groups in total. The molecule has 0 aliphatic heterocycles. The molecule has 0 aliphatic carbocycles. The van der Waals surface area contributed by atoms with E-state index in [1.165, 1.54) is 16.9 Å². The van der Waals surface area contributed by atoms with E-state index in [0.717, 1.165) is 31.7 Å². The fraction of sp³-hybridized carbons (Fsp3) is 0.158. The van der Waals surface area contributed by atoms with Crippen LogP contribution in [-0.2, 0) is 4.79 Å². The molecular weight excluding hydrogens is 350 g/mol. The van der Waals surface area contributed by atoms with Crippen molar-refractivity contribution in [3.63, 3.8) is 0 Å². The third-order valence-corrected chi connectivity index (χ3v) is 6.13. The number of aryl methyl sites for hydroxylation is 2. The van der Waals surface area contributed by atoms with Gasteiger partial charge in [-0.25, -0.2) is 4.98 Å². The zero-order valence-electron chi connectivity index (χ0n) is 13.9. The highest BCUT2D eigenvalue weighted by Crippen LogP contribution is 2.32. The number of para-hydroxylation sites is 1. The second kappa shape index (κ2) is 6.54. The molecule has 0 atom stereocenters. The molecule has 4 nitrogen and oxygen atoms in total. The molecule has 0 radical (unpaired) electrons. The van der Waals surface area contributed by atoms with Crippen molar-refractivity contribution < 1.29 is 4.79 Å². The van der Waals surface area contributed by atoms with E-state index in [1.54, 1.807) is 11.8 Å². The molecule has 0 saturated carbocycles. The number of amides is 1. The smallest absolute Gasteiger partial charge is 0.236 e. The molecule has 0 saturated heterocycles. The fourth-order valence-electron chi connectivity index (χ4n) is 2.82. The topological polar surface area (TPSA) is 57.8 Å². The minimum atomic E-state index is -0.0366. The molecule has 0 unspecified atom stereocenters. The maximum absolute atomic E-state index is 12.3. The Morgan fingerprint density at radius 1 is 1.24 bits per heavy atom. The van der Waals surface area contributed by atoms with Gasteiger partial charge in [0.25, 0.3) is 0 Å². The summed E-state index contributed by atoms with van der Waals surface area (Å²) in [5.41, 5.74) is 4.31. The first-order valence-electron chi connectivity index (χ1n) is 7.97. The molecule has 0 fully saturated rings. The van der Waals surface area contributed by atoms with Gasteiger partial charge in [0, 0.05) is 21.5 Å². The van der Waals surface area contributed by atoms with Crippen LogP contribution >= 0.6 is 23.1 Å². The predicted molar refractivity (Wildman–Crippen MR) is 107 cm³/mol. The van der Waals surface area contributed by atoms with Crippen LogP contribution in [0, 0.1) is 13.8 Å². The summed E-state index contributed by atoms with van der Waals surface area (Å²) < 4.78 is 1.09. The van der Waals surface area contributed by atoms with Gasteiger partial charge in [0.2, 0.25) is 5.91 Å². The number of nitrogens with zero attached hydrogens (tertiary/aromatic N) is 1. The Balaban J connectivity index is 1.47. The summed E-state index contributed by atoms with van der Waals surface area (Å²) in [7, 11) is 0. The van der Waals surface area contributed by atoms with E-state index in [1.807, 2.05) is 31.2 Å². The van der Waals surface area contributed by atoms with E-state index in [9.17, 15) is 4.79 Å². The SMILES string of the molecule is Cc1ccc2nc(NC(=O)CSc3c(C)[nH]c4ccccc34)sc2c1. The van der Waals surface area contributed by atoms with E-state index >= 15 is 0 Å². The molecular formula is C19H17N3OS2. The molecule has 2 aromatic heterocycles. The van der Waals surface area contributed by atoms with Crippen LogP contribution in [0.1, 0.15) is 11.3 Å². The summed E-state index contributed by atoms with van der Waals surface area (Å²) in [4.78, 5) is 21.3. The van der Waals surface area contributed by atoms with Gasteiger partial charge in [0.15, 0.2) is 5.13 Å². The molecule has 4 rings (SSSR count). The molecule has 126 valence electrons. The Bertz CT molecular complexity index is 1080. The van der Waals surface area contributed by atoms with Gasteiger partial charge < -0.3 is 10.3 Å². The maximum Gasteiger partial charge on any atom is 0.236 e. The van der Waals surface area contributed by atoms with Crippen molar-refractivity contribution in [2.75, 3.05) is 11.1 Å². The van der Waals surface area contributed by atoms with Gasteiger partial charge in [-0.3, -0.25) is 4.79 Å². The summed E-state index contributed by atoms with van der Waals surface area (Å²) in [6, 6.07) is 14.3. The van der Waals surface area contributed by atoms with Crippen LogP contribution in [0.2, 0.25) is 0 Å². The van der Waals surface area contributed by atoms with Crippen molar-refractivity contribution in [3.8, 4) is 0 Å². The summed E-state index contributed by atoms with van der Waals surface area (Å²) in [6.07, 6.45) is 0. The van der Waals surface area contributed by atoms with Gasteiger partial charge in [0.05, 0.1) is 16.0 Å². The van der Waals surface area contributed by atoms with E-state index in [2.05, 4.69) is 40.4 Å². The zero-order valence-corrected chi connectivity index (χ0v) is 15.6. The fourth-order valence-corrected chi connectivity index (χ4v) is 4.74. The number of carbonyl (C=O) groups excluding carboxylic acids is 1. The van der Waals surface area contributed by atoms with Gasteiger partial charge in [-0.15, -0.1) is 11.8 Å². The van der Waals surface area contributed by atoms with Gasteiger partial charge in [-0.2, -0.15) is 0 Å². The van der Waals surface area contributed by atoms with Gasteiger partial charge in [0.1, 0.15) is 0 Å². The second-order valence-corrected chi connectivity index (χ2v) is 7.97. The largest absolute Gasteiger partial charge is 0.358 e. The molecule has 25 heavy (non-hydrogen) atoms. The molecule has 4 aromatic rings. The standard InChI is InChI=1S/C19H17N3OS2/c1-11-7-8-15-16(9-11)25-19(21-15)22-17(23)10-24-18-12(2)20-14-6-4-3-5-13(14)18/h3-9,20H,10H2,1-2H3,(H,21,22,23). The summed E-state index contributed by atoms with van der Waals surface area (Å²) >= 11 is 3.06. The minimum absolute atomic E-state index is 0.0366. The van der Waals surface area contributed by atoms with Gasteiger partial charge in [-0.05, 0) is 37.6 Å². The Morgan fingerprint density at radius 3 is 2.96 bits per heavy atom. The highest BCUT2D eigenvalue weighted by molar-refractivity contribution is 8.00. The number of fused-ring (bicyclic) bond motifs is 2. The minimum Gasteiger partial charge on any atom is -0.358 e. The van der Waals surface area contributed by atoms with E-state index < -0.39 is 0 Å². The monoisotopic (exact) mass is 367 g/mol. The predicted octanol–water partition coefficient (Wildman–Crippen LogP) is 5.13. The van der Waals surface area contributed by atoms with Crippen molar-refractivity contribution in [2.24, 2.45) is 0 Å². The number of nitrogens with one attached hydrogen (secondary N) is 2. The number of anilines is 1. The summed E-state index contributed by atoms with van der Waals surface area (Å²) in [5, 5.41) is 4.73. The lowest BCUT2D eigenvalue weighted by atomic mass is 10.2. The maximum atomic E-state index is 12.3. The Kier molecular flexibility index (Phi) is 4.23. The van der Waals surface area contributed by atoms with Crippen LogP contribution in [-0.4, -0.2) is 21.6 Å². The van der Waals surface area contributed by atoms with Crippen LogP contribution < -0.4 is 5.32 Å². The first-order chi connectivity index (χ1) is 12.1. The van der Waals surface area contributed by atoms with Crippen LogP contribution in [0.25, 0.3) is 21.1 Å². The molecule has 2 heterocycles.